The maximum atomic E-state index is 14.6. The summed E-state index contributed by atoms with van der Waals surface area (Å²) in [6, 6.07) is 14.1. The molecule has 2 aliphatic rings. The molecule has 1 atom stereocenters. The summed E-state index contributed by atoms with van der Waals surface area (Å²) in [6.07, 6.45) is 12.8. The Bertz CT molecular complexity index is 1170. The van der Waals surface area contributed by atoms with Crippen molar-refractivity contribution in [1.29, 1.82) is 0 Å². The number of carbonyl (C=O) groups excluding carboxylic acids is 1. The summed E-state index contributed by atoms with van der Waals surface area (Å²) in [5, 5.41) is 4.43. The first-order valence-electron chi connectivity index (χ1n) is 13.9. The highest BCUT2D eigenvalue weighted by Crippen LogP contribution is 2.37. The number of benzene rings is 2. The van der Waals surface area contributed by atoms with E-state index in [9.17, 15) is 9.18 Å². The van der Waals surface area contributed by atoms with E-state index < -0.39 is 0 Å². The van der Waals surface area contributed by atoms with Crippen LogP contribution in [0.4, 0.5) is 4.39 Å². The number of hydrogen-bond acceptors (Lipinski definition) is 2. The van der Waals surface area contributed by atoms with Crippen molar-refractivity contribution in [2.24, 2.45) is 11.7 Å². The largest absolute Gasteiger partial charge is 0.353 e. The van der Waals surface area contributed by atoms with Crippen LogP contribution in [0.15, 0.2) is 48.7 Å². The van der Waals surface area contributed by atoms with Crippen molar-refractivity contribution in [1.82, 2.24) is 9.88 Å². The molecule has 0 spiro atoms. The summed E-state index contributed by atoms with van der Waals surface area (Å²) < 4.78 is 17.0. The normalized spacial score (nSPS) is 21.4. The topological polar surface area (TPSA) is 60.1 Å². The lowest BCUT2D eigenvalue weighted by atomic mass is 9.86. The number of rotatable bonds is 7. The van der Waals surface area contributed by atoms with E-state index in [0.717, 1.165) is 54.3 Å². The van der Waals surface area contributed by atoms with Crippen molar-refractivity contribution in [2.45, 2.75) is 95.7 Å². The van der Waals surface area contributed by atoms with Gasteiger partial charge in [0.15, 0.2) is 0 Å². The monoisotopic (exact) mass is 525 g/mol. The molecule has 5 rings (SSSR count). The molecule has 200 valence electrons. The van der Waals surface area contributed by atoms with Crippen LogP contribution in [0.1, 0.15) is 86.8 Å². The quantitative estimate of drug-likeness (QED) is 0.349. The number of nitrogens with one attached hydrogen (secondary N) is 1. The molecule has 3 aromatic rings. The first-order valence-corrected chi connectivity index (χ1v) is 13.9. The van der Waals surface area contributed by atoms with Crippen LogP contribution in [0.2, 0.25) is 0 Å². The van der Waals surface area contributed by atoms with E-state index in [1.54, 1.807) is 12.1 Å². The smallest absolute Gasteiger partial charge is 0.221 e. The second-order valence-electron chi connectivity index (χ2n) is 11.3. The van der Waals surface area contributed by atoms with E-state index >= 15 is 0 Å². The summed E-state index contributed by atoms with van der Waals surface area (Å²) >= 11 is 0. The van der Waals surface area contributed by atoms with Gasteiger partial charge in [-0.25, -0.2) is 4.39 Å². The van der Waals surface area contributed by atoms with Gasteiger partial charge in [-0.1, -0.05) is 43.5 Å². The van der Waals surface area contributed by atoms with Gasteiger partial charge in [-0.2, -0.15) is 0 Å². The van der Waals surface area contributed by atoms with Gasteiger partial charge in [0.05, 0.1) is 0 Å². The lowest BCUT2D eigenvalue weighted by molar-refractivity contribution is -0.122. The van der Waals surface area contributed by atoms with Crippen LogP contribution in [0, 0.1) is 18.7 Å². The van der Waals surface area contributed by atoms with Gasteiger partial charge in [0.2, 0.25) is 5.91 Å². The van der Waals surface area contributed by atoms with E-state index in [4.69, 9.17) is 5.73 Å². The molecule has 3 N–H and O–H groups in total. The molecule has 1 aromatic heterocycles. The Kier molecular flexibility index (Phi) is 9.31. The van der Waals surface area contributed by atoms with Crippen LogP contribution in [-0.2, 0) is 11.3 Å². The Morgan fingerprint density at radius 1 is 1.05 bits per heavy atom. The Labute approximate surface area is 226 Å². The molecular weight excluding hydrogens is 485 g/mol. The molecule has 2 aliphatic carbocycles. The standard InChI is InChI=1S/C31H40FN3O.ClH/c1-21-15-23(17-24(32)16-21)28(18-31(36)34-26-13-11-25(33)12-14-26)29-20-35(19-22-7-3-2-4-8-22)30-10-6-5-9-27(29)30;/h5-6,9-10,15-17,20,22,25-26,28H,2-4,7-8,11-14,18-19,33H2,1H3,(H,34,36);1H. The first-order chi connectivity index (χ1) is 17.5. The summed E-state index contributed by atoms with van der Waals surface area (Å²) in [5.41, 5.74) is 10.1. The maximum absolute atomic E-state index is 14.6. The van der Waals surface area contributed by atoms with Gasteiger partial charge < -0.3 is 15.6 Å². The van der Waals surface area contributed by atoms with Gasteiger partial charge in [-0.15, -0.1) is 12.4 Å². The Hall–Kier alpha value is -2.37. The summed E-state index contributed by atoms with van der Waals surface area (Å²) in [7, 11) is 0. The van der Waals surface area contributed by atoms with Crippen molar-refractivity contribution < 1.29 is 9.18 Å². The Morgan fingerprint density at radius 3 is 2.51 bits per heavy atom. The molecule has 6 heteroatoms. The van der Waals surface area contributed by atoms with Crippen LogP contribution >= 0.6 is 12.4 Å². The molecule has 1 unspecified atom stereocenters. The molecule has 2 saturated carbocycles. The number of fused-ring (bicyclic) bond motifs is 1. The van der Waals surface area contributed by atoms with Gasteiger partial charge >= 0.3 is 0 Å². The van der Waals surface area contributed by atoms with Gasteiger partial charge in [0, 0.05) is 48.1 Å². The average molecular weight is 526 g/mol. The predicted molar refractivity (Wildman–Crippen MR) is 152 cm³/mol. The number of para-hydroxylation sites is 1. The van der Waals surface area contributed by atoms with E-state index in [0.29, 0.717) is 12.3 Å². The van der Waals surface area contributed by atoms with Crippen LogP contribution in [-0.4, -0.2) is 22.6 Å². The number of hydrogen-bond donors (Lipinski definition) is 2. The summed E-state index contributed by atoms with van der Waals surface area (Å²) in [5.74, 6) is 0.273. The van der Waals surface area contributed by atoms with Gasteiger partial charge in [-0.05, 0) is 86.3 Å². The zero-order valence-corrected chi connectivity index (χ0v) is 22.7. The number of halogens is 2. The highest BCUT2D eigenvalue weighted by molar-refractivity contribution is 5.87. The van der Waals surface area contributed by atoms with Crippen molar-refractivity contribution in [3.63, 3.8) is 0 Å². The van der Waals surface area contributed by atoms with Crippen LogP contribution in [0.5, 0.6) is 0 Å². The SMILES string of the molecule is Cc1cc(F)cc(C(CC(=O)NC2CCC(N)CC2)c2cn(CC3CCCCC3)c3ccccc23)c1.Cl. The Morgan fingerprint density at radius 2 is 1.78 bits per heavy atom. The number of nitrogens with zero attached hydrogens (tertiary/aromatic N) is 1. The summed E-state index contributed by atoms with van der Waals surface area (Å²) in [4.78, 5) is 13.3. The minimum Gasteiger partial charge on any atom is -0.353 e. The zero-order chi connectivity index (χ0) is 25.1. The molecule has 2 aromatic carbocycles. The Balaban J connectivity index is 0.00000320. The molecule has 4 nitrogen and oxygen atoms in total. The highest BCUT2D eigenvalue weighted by Gasteiger charge is 2.26. The zero-order valence-electron chi connectivity index (χ0n) is 21.9. The molecule has 0 saturated heterocycles. The number of carbonyl (C=O) groups is 1. The lowest BCUT2D eigenvalue weighted by Gasteiger charge is -2.27. The number of nitrogens with two attached hydrogens (primary N) is 1. The van der Waals surface area contributed by atoms with E-state index in [1.807, 2.05) is 13.0 Å². The van der Waals surface area contributed by atoms with Crippen molar-refractivity contribution in [2.75, 3.05) is 0 Å². The van der Waals surface area contributed by atoms with E-state index in [2.05, 4.69) is 40.3 Å². The fourth-order valence-corrected chi connectivity index (χ4v) is 6.46. The minimum atomic E-state index is -0.248. The second-order valence-corrected chi connectivity index (χ2v) is 11.3. The molecule has 2 fully saturated rings. The van der Waals surface area contributed by atoms with Crippen molar-refractivity contribution in [3.8, 4) is 0 Å². The van der Waals surface area contributed by atoms with Gasteiger partial charge in [0.25, 0.3) is 0 Å². The van der Waals surface area contributed by atoms with E-state index in [1.165, 1.54) is 37.6 Å². The summed E-state index contributed by atoms with van der Waals surface area (Å²) in [6.45, 7) is 2.92. The van der Waals surface area contributed by atoms with Crippen LogP contribution < -0.4 is 11.1 Å². The third-order valence-corrected chi connectivity index (χ3v) is 8.37. The van der Waals surface area contributed by atoms with Crippen molar-refractivity contribution >= 4 is 29.2 Å². The second kappa shape index (κ2) is 12.4. The van der Waals surface area contributed by atoms with Gasteiger partial charge in [0.1, 0.15) is 5.82 Å². The lowest BCUT2D eigenvalue weighted by Crippen LogP contribution is -2.40. The minimum absolute atomic E-state index is 0. The highest BCUT2D eigenvalue weighted by atomic mass is 35.5. The predicted octanol–water partition coefficient (Wildman–Crippen LogP) is 7.00. The molecule has 1 amide bonds. The number of aromatic nitrogens is 1. The molecule has 0 aliphatic heterocycles. The van der Waals surface area contributed by atoms with Crippen LogP contribution in [0.25, 0.3) is 10.9 Å². The third-order valence-electron chi connectivity index (χ3n) is 8.37. The maximum Gasteiger partial charge on any atom is 0.221 e. The average Bonchev–Trinajstić information content (AvgIpc) is 3.22. The van der Waals surface area contributed by atoms with Gasteiger partial charge in [-0.3, -0.25) is 4.79 Å². The number of aryl methyl sites for hydroxylation is 1. The first kappa shape index (κ1) is 27.7. The molecule has 0 bridgehead atoms. The number of amides is 1. The third kappa shape index (κ3) is 6.74. The van der Waals surface area contributed by atoms with Crippen molar-refractivity contribution in [3.05, 3.63) is 71.2 Å². The van der Waals surface area contributed by atoms with Crippen LogP contribution in [0.3, 0.4) is 0 Å². The molecular formula is C31H41ClFN3O. The fourth-order valence-electron chi connectivity index (χ4n) is 6.46. The fraction of sp³-hybridized carbons (Fsp3) is 0.516. The molecule has 0 radical (unpaired) electrons. The molecule has 37 heavy (non-hydrogen) atoms. The molecule has 1 heterocycles. The van der Waals surface area contributed by atoms with E-state index in [-0.39, 0.29) is 42.1 Å².